The number of nitrogens with zero attached hydrogens (tertiary/aromatic N) is 4. The van der Waals surface area contributed by atoms with E-state index in [-0.39, 0.29) is 12.0 Å². The van der Waals surface area contributed by atoms with Gasteiger partial charge in [-0.3, -0.25) is 5.43 Å². The molecule has 0 aliphatic carbocycles. The molecule has 0 atom stereocenters. The number of anilines is 2. The molecular formula is C13H20N6O. The third-order valence-electron chi connectivity index (χ3n) is 3.07. The van der Waals surface area contributed by atoms with E-state index in [4.69, 9.17) is 17.0 Å². The highest BCUT2D eigenvalue weighted by molar-refractivity contribution is 5.38. The molecule has 20 heavy (non-hydrogen) atoms. The molecular weight excluding hydrogens is 256 g/mol. The quantitative estimate of drug-likeness (QED) is 0.480. The highest BCUT2D eigenvalue weighted by atomic mass is 16.5. The monoisotopic (exact) mass is 276 g/mol. The van der Waals surface area contributed by atoms with Gasteiger partial charge in [-0.25, -0.2) is 5.84 Å². The Hall–Kier alpha value is -2.07. The van der Waals surface area contributed by atoms with Crippen molar-refractivity contribution in [1.29, 1.82) is 0 Å². The fourth-order valence-electron chi connectivity index (χ4n) is 1.95. The first-order chi connectivity index (χ1) is 9.54. The maximum atomic E-state index is 5.60. The largest absolute Gasteiger partial charge is 0.444 e. The van der Waals surface area contributed by atoms with Crippen molar-refractivity contribution in [2.24, 2.45) is 5.84 Å². The third kappa shape index (κ3) is 3.48. The number of hydrogen-bond acceptors (Lipinski definition) is 7. The predicted molar refractivity (Wildman–Crippen MR) is 77.2 cm³/mol. The van der Waals surface area contributed by atoms with Crippen LogP contribution < -0.4 is 20.9 Å². The van der Waals surface area contributed by atoms with Gasteiger partial charge in [-0.1, -0.05) is 5.92 Å². The molecule has 1 aromatic heterocycles. The molecule has 7 heteroatoms. The maximum absolute atomic E-state index is 5.60. The van der Waals surface area contributed by atoms with Crippen LogP contribution in [0.4, 0.5) is 11.9 Å². The molecule has 0 aromatic carbocycles. The van der Waals surface area contributed by atoms with Crippen LogP contribution in [0.1, 0.15) is 33.1 Å². The maximum Gasteiger partial charge on any atom is 0.324 e. The Kier molecular flexibility index (Phi) is 4.25. The predicted octanol–water partition coefficient (Wildman–Crippen LogP) is 0.938. The van der Waals surface area contributed by atoms with Crippen LogP contribution in [-0.4, -0.2) is 33.6 Å². The molecule has 1 saturated heterocycles. The first kappa shape index (κ1) is 14.3. The number of ether oxygens (including phenoxy) is 1. The Balaban J connectivity index is 2.26. The smallest absolute Gasteiger partial charge is 0.324 e. The normalized spacial score (nSPS) is 15.6. The summed E-state index contributed by atoms with van der Waals surface area (Å²) in [7, 11) is 0. The van der Waals surface area contributed by atoms with E-state index in [2.05, 4.69) is 31.2 Å². The highest BCUT2D eigenvalue weighted by Gasteiger charge is 2.21. The molecule has 2 heterocycles. The van der Waals surface area contributed by atoms with E-state index < -0.39 is 5.60 Å². The van der Waals surface area contributed by atoms with Gasteiger partial charge in [0.25, 0.3) is 0 Å². The molecule has 1 aliphatic heterocycles. The summed E-state index contributed by atoms with van der Waals surface area (Å²) >= 11 is 0. The molecule has 0 radical (unpaired) electrons. The summed E-state index contributed by atoms with van der Waals surface area (Å²) in [6.07, 6.45) is 8.90. The van der Waals surface area contributed by atoms with Crippen LogP contribution in [0.2, 0.25) is 0 Å². The summed E-state index contributed by atoms with van der Waals surface area (Å²) in [5.74, 6) is 8.77. The van der Waals surface area contributed by atoms with Gasteiger partial charge >= 0.3 is 6.01 Å². The molecule has 7 nitrogen and oxygen atoms in total. The molecule has 3 N–H and O–H groups in total. The summed E-state index contributed by atoms with van der Waals surface area (Å²) in [6, 6.07) is 0.177. The third-order valence-corrected chi connectivity index (χ3v) is 3.07. The molecule has 0 amide bonds. The molecule has 1 fully saturated rings. The minimum Gasteiger partial charge on any atom is -0.444 e. The van der Waals surface area contributed by atoms with Crippen LogP contribution in [0.25, 0.3) is 0 Å². The van der Waals surface area contributed by atoms with Gasteiger partial charge in [0.05, 0.1) is 0 Å². The minimum absolute atomic E-state index is 0.177. The van der Waals surface area contributed by atoms with E-state index in [0.717, 1.165) is 25.9 Å². The van der Waals surface area contributed by atoms with Crippen molar-refractivity contribution < 1.29 is 4.74 Å². The van der Waals surface area contributed by atoms with Crippen molar-refractivity contribution in [2.45, 2.75) is 38.7 Å². The Morgan fingerprint density at radius 2 is 1.95 bits per heavy atom. The van der Waals surface area contributed by atoms with Crippen molar-refractivity contribution in [3.8, 4) is 18.4 Å². The number of terminal acetylenes is 1. The summed E-state index contributed by atoms with van der Waals surface area (Å²) in [5.41, 5.74) is 1.64. The van der Waals surface area contributed by atoms with Crippen molar-refractivity contribution in [1.82, 2.24) is 15.0 Å². The van der Waals surface area contributed by atoms with Gasteiger partial charge in [-0.15, -0.1) is 6.42 Å². The summed E-state index contributed by atoms with van der Waals surface area (Å²) < 4.78 is 5.60. The minimum atomic E-state index is -0.785. The average Bonchev–Trinajstić information content (AvgIpc) is 2.47. The molecule has 0 saturated carbocycles. The number of nitrogen functional groups attached to an aromatic ring is 1. The molecule has 1 aliphatic rings. The van der Waals surface area contributed by atoms with E-state index in [0.29, 0.717) is 5.95 Å². The van der Waals surface area contributed by atoms with Gasteiger partial charge in [0, 0.05) is 13.1 Å². The number of hydrogen-bond donors (Lipinski definition) is 2. The second-order valence-corrected chi connectivity index (χ2v) is 5.19. The zero-order chi connectivity index (χ0) is 14.6. The van der Waals surface area contributed by atoms with Gasteiger partial charge in [-0.05, 0) is 33.1 Å². The van der Waals surface area contributed by atoms with Crippen molar-refractivity contribution in [2.75, 3.05) is 23.4 Å². The van der Waals surface area contributed by atoms with Gasteiger partial charge in [0.15, 0.2) is 5.60 Å². The fraction of sp³-hybridized carbons (Fsp3) is 0.615. The van der Waals surface area contributed by atoms with E-state index in [1.807, 2.05) is 0 Å². The van der Waals surface area contributed by atoms with Gasteiger partial charge in [0.1, 0.15) is 0 Å². The Morgan fingerprint density at radius 1 is 1.25 bits per heavy atom. The molecule has 1 aromatic rings. The SMILES string of the molecule is C#CC(C)(C)Oc1nc(NN)nc(N2CCCCC2)n1. The number of piperidine rings is 1. The van der Waals surface area contributed by atoms with Crippen LogP contribution in [0.5, 0.6) is 6.01 Å². The van der Waals surface area contributed by atoms with Crippen LogP contribution in [0, 0.1) is 12.3 Å². The van der Waals surface area contributed by atoms with Gasteiger partial charge in [-0.2, -0.15) is 15.0 Å². The lowest BCUT2D eigenvalue weighted by Gasteiger charge is -2.27. The average molecular weight is 276 g/mol. The lowest BCUT2D eigenvalue weighted by atomic mass is 10.1. The summed E-state index contributed by atoms with van der Waals surface area (Å²) in [6.45, 7) is 5.39. The van der Waals surface area contributed by atoms with E-state index in [9.17, 15) is 0 Å². The fourth-order valence-corrected chi connectivity index (χ4v) is 1.95. The Labute approximate surface area is 118 Å². The second-order valence-electron chi connectivity index (χ2n) is 5.19. The summed E-state index contributed by atoms with van der Waals surface area (Å²) in [4.78, 5) is 14.8. The molecule has 2 rings (SSSR count). The van der Waals surface area contributed by atoms with Crippen LogP contribution >= 0.6 is 0 Å². The van der Waals surface area contributed by atoms with E-state index in [1.165, 1.54) is 6.42 Å². The lowest BCUT2D eigenvalue weighted by Crippen LogP contribution is -2.32. The second kappa shape index (κ2) is 5.92. The molecule has 0 bridgehead atoms. The number of aromatic nitrogens is 3. The Bertz CT molecular complexity index is 504. The zero-order valence-corrected chi connectivity index (χ0v) is 11.9. The number of nitrogens with two attached hydrogens (primary N) is 1. The van der Waals surface area contributed by atoms with Crippen LogP contribution in [0.15, 0.2) is 0 Å². The zero-order valence-electron chi connectivity index (χ0n) is 11.9. The van der Waals surface area contributed by atoms with E-state index in [1.54, 1.807) is 13.8 Å². The number of hydrazine groups is 1. The van der Waals surface area contributed by atoms with Gasteiger partial charge < -0.3 is 9.64 Å². The number of rotatable bonds is 4. The van der Waals surface area contributed by atoms with Crippen molar-refractivity contribution in [3.05, 3.63) is 0 Å². The van der Waals surface area contributed by atoms with Crippen LogP contribution in [-0.2, 0) is 0 Å². The molecule has 108 valence electrons. The first-order valence-corrected chi connectivity index (χ1v) is 6.68. The van der Waals surface area contributed by atoms with E-state index >= 15 is 0 Å². The molecule has 0 unspecified atom stereocenters. The Morgan fingerprint density at radius 3 is 2.55 bits per heavy atom. The highest BCUT2D eigenvalue weighted by Crippen LogP contribution is 2.21. The first-order valence-electron chi connectivity index (χ1n) is 6.68. The molecule has 0 spiro atoms. The van der Waals surface area contributed by atoms with Gasteiger partial charge in [0.2, 0.25) is 11.9 Å². The van der Waals surface area contributed by atoms with Crippen LogP contribution in [0.3, 0.4) is 0 Å². The lowest BCUT2D eigenvalue weighted by molar-refractivity contribution is 0.156. The number of nitrogens with one attached hydrogen (secondary N) is 1. The van der Waals surface area contributed by atoms with Crippen molar-refractivity contribution >= 4 is 11.9 Å². The topological polar surface area (TPSA) is 89.2 Å². The standard InChI is InChI=1S/C13H20N6O/c1-4-13(2,3)20-12-16-10(18-14)15-11(17-12)19-8-6-5-7-9-19/h1H,5-9,14H2,2-3H3,(H,15,16,17,18). The summed E-state index contributed by atoms with van der Waals surface area (Å²) in [5, 5.41) is 0. The van der Waals surface area contributed by atoms with Crippen molar-refractivity contribution in [3.63, 3.8) is 0 Å².